The van der Waals surface area contributed by atoms with Crippen molar-refractivity contribution in [3.8, 4) is 11.1 Å². The average Bonchev–Trinajstić information content (AvgIpc) is 4.05. The first-order chi connectivity index (χ1) is 36.1. The molecule has 0 saturated carbocycles. The van der Waals surface area contributed by atoms with Crippen molar-refractivity contribution in [2.24, 2.45) is 0 Å². The Bertz CT molecular complexity index is 3770. The maximum absolute atomic E-state index is 2.82. The summed E-state index contributed by atoms with van der Waals surface area (Å²) in [5, 5.41) is 4.01. The van der Waals surface area contributed by atoms with Gasteiger partial charge in [-0.25, -0.2) is 0 Å². The minimum atomic E-state index is 0.0512. The first kappa shape index (κ1) is 50.9. The van der Waals surface area contributed by atoms with Crippen LogP contribution in [0.3, 0.4) is 0 Å². The highest BCUT2D eigenvalue weighted by Crippen LogP contribution is 2.54. The van der Waals surface area contributed by atoms with Crippen molar-refractivity contribution in [2.75, 3.05) is 16.3 Å². The van der Waals surface area contributed by atoms with Gasteiger partial charge in [-0.1, -0.05) is 171 Å². The summed E-state index contributed by atoms with van der Waals surface area (Å²) in [5.74, 6) is 0. The Morgan fingerprint density at radius 2 is 1.05 bits per heavy atom. The zero-order valence-corrected chi connectivity index (χ0v) is 50.3. The van der Waals surface area contributed by atoms with Gasteiger partial charge in [-0.15, -0.1) is 11.3 Å². The van der Waals surface area contributed by atoms with E-state index < -0.39 is 0 Å². The maximum atomic E-state index is 2.82. The zero-order chi connectivity index (χ0) is 54.3. The Hall–Kier alpha value is -5.58. The Kier molecular flexibility index (Phi) is 11.1. The minimum absolute atomic E-state index is 0.0512. The molecule has 0 spiro atoms. The molecule has 3 heterocycles. The van der Waals surface area contributed by atoms with Crippen molar-refractivity contribution in [2.45, 2.75) is 194 Å². The second kappa shape index (κ2) is 16.7. The monoisotopic (exact) mass is 1030 g/mol. The zero-order valence-electron chi connectivity index (χ0n) is 49.5. The quantitative estimate of drug-likeness (QED) is 0.159. The van der Waals surface area contributed by atoms with Crippen LogP contribution in [-0.2, 0) is 44.3 Å². The van der Waals surface area contributed by atoms with Crippen LogP contribution < -0.4 is 25.5 Å². The van der Waals surface area contributed by atoms with Crippen LogP contribution in [0.5, 0.6) is 0 Å². The van der Waals surface area contributed by atoms with E-state index in [2.05, 4.69) is 247 Å². The first-order valence-corrected chi connectivity index (χ1v) is 30.3. The van der Waals surface area contributed by atoms with Crippen molar-refractivity contribution in [3.63, 3.8) is 0 Å². The summed E-state index contributed by atoms with van der Waals surface area (Å²) in [5.41, 5.74) is 26.3. The molecule has 2 aliphatic heterocycles. The number of fused-ring (bicyclic) bond motifs is 10. The van der Waals surface area contributed by atoms with Gasteiger partial charge in [-0.05, 0) is 221 Å². The van der Waals surface area contributed by atoms with Crippen LogP contribution in [0, 0.1) is 6.92 Å². The predicted octanol–water partition coefficient (Wildman–Crippen LogP) is 18.4. The normalized spacial score (nSPS) is 19.8. The highest BCUT2D eigenvalue weighted by Gasteiger charge is 2.49. The first-order valence-electron chi connectivity index (χ1n) is 29.4. The molecule has 3 aliphatic carbocycles. The number of rotatable bonds is 5. The molecule has 13 rings (SSSR count). The van der Waals surface area contributed by atoms with E-state index in [1.807, 2.05) is 0 Å². The summed E-state index contributed by atoms with van der Waals surface area (Å²) in [7, 11) is 0. The van der Waals surface area contributed by atoms with Gasteiger partial charge >= 0.3 is 0 Å². The number of hydrogen-bond donors (Lipinski definition) is 0. The lowest BCUT2D eigenvalue weighted by atomic mass is 9.35. The van der Waals surface area contributed by atoms with Crippen molar-refractivity contribution in [1.29, 1.82) is 0 Å². The fourth-order valence-electron chi connectivity index (χ4n) is 15.2. The molecule has 0 N–H and O–H groups in total. The van der Waals surface area contributed by atoms with Crippen molar-refractivity contribution < 1.29 is 0 Å². The third-order valence-corrected chi connectivity index (χ3v) is 21.8. The molecule has 0 atom stereocenters. The summed E-state index contributed by atoms with van der Waals surface area (Å²) in [4.78, 5) is 5.54. The van der Waals surface area contributed by atoms with E-state index in [-0.39, 0.29) is 44.6 Å². The van der Waals surface area contributed by atoms with Crippen LogP contribution in [0.4, 0.5) is 28.4 Å². The molecule has 0 amide bonds. The van der Waals surface area contributed by atoms with Crippen LogP contribution >= 0.6 is 11.3 Å². The second-order valence-electron chi connectivity index (χ2n) is 29.8. The third kappa shape index (κ3) is 7.89. The Balaban J connectivity index is 1.07. The van der Waals surface area contributed by atoms with Gasteiger partial charge in [0.2, 0.25) is 0 Å². The van der Waals surface area contributed by atoms with Crippen molar-refractivity contribution in [1.82, 2.24) is 0 Å². The Labute approximate surface area is 466 Å². The van der Waals surface area contributed by atoms with E-state index in [1.54, 1.807) is 11.1 Å². The molecule has 0 saturated heterocycles. The second-order valence-corrected chi connectivity index (χ2v) is 30.9. The SMILES string of the molecule is Cc1cc2c3c(c1)N(c1ccc(C(C)(C)C)cc1)c1c(sc4cc5c(cc14)C(C)(C)CCC5(C)C)B3c1cc3c(cc1N2CCc1cc2c(cc1-c1ccc4ccccc4c1)C(C)(C)CCC2(C)C)C(C)(C)CCC3(C)C. The molecule has 394 valence electrons. The molecule has 1 aromatic heterocycles. The molecule has 4 heteroatoms. The fraction of sp³-hybridized carbons (Fsp3) is 0.425. The number of aryl methyl sites for hydroxylation is 1. The van der Waals surface area contributed by atoms with Gasteiger partial charge in [0.05, 0.1) is 5.69 Å². The van der Waals surface area contributed by atoms with Crippen molar-refractivity contribution >= 4 is 83.0 Å². The lowest BCUT2D eigenvalue weighted by Crippen LogP contribution is -2.61. The molecule has 0 bridgehead atoms. The number of benzene rings is 7. The third-order valence-electron chi connectivity index (χ3n) is 20.6. The molecule has 0 radical (unpaired) electrons. The van der Waals surface area contributed by atoms with E-state index in [1.165, 1.54) is 154 Å². The molecule has 0 unspecified atom stereocenters. The van der Waals surface area contributed by atoms with Gasteiger partial charge in [0.1, 0.15) is 0 Å². The summed E-state index contributed by atoms with van der Waals surface area (Å²) >= 11 is 2.09. The van der Waals surface area contributed by atoms with E-state index in [9.17, 15) is 0 Å². The minimum Gasteiger partial charge on any atom is -0.342 e. The van der Waals surface area contributed by atoms with E-state index >= 15 is 0 Å². The largest absolute Gasteiger partial charge is 0.342 e. The molecule has 8 aromatic rings. The number of anilines is 5. The van der Waals surface area contributed by atoms with Gasteiger partial charge in [-0.2, -0.15) is 0 Å². The van der Waals surface area contributed by atoms with Gasteiger partial charge in [0.25, 0.3) is 6.71 Å². The van der Waals surface area contributed by atoms with E-state index in [0.717, 1.165) is 13.0 Å². The molecule has 77 heavy (non-hydrogen) atoms. The number of hydrogen-bond acceptors (Lipinski definition) is 3. The van der Waals surface area contributed by atoms with Gasteiger partial charge in [0, 0.05) is 44.2 Å². The molecule has 5 aliphatic rings. The Morgan fingerprint density at radius 1 is 0.519 bits per heavy atom. The molecular weight excluding hydrogens is 948 g/mol. The highest BCUT2D eigenvalue weighted by atomic mass is 32.1. The highest BCUT2D eigenvalue weighted by molar-refractivity contribution is 7.33. The summed E-state index contributed by atoms with van der Waals surface area (Å²) in [6, 6.07) is 46.9. The summed E-state index contributed by atoms with van der Waals surface area (Å²) < 4.78 is 2.91. The molecule has 7 aromatic carbocycles. The van der Waals surface area contributed by atoms with Gasteiger partial charge < -0.3 is 9.80 Å². The van der Waals surface area contributed by atoms with Crippen LogP contribution in [0.15, 0.2) is 115 Å². The number of nitrogens with zero attached hydrogens (tertiary/aromatic N) is 2. The van der Waals surface area contributed by atoms with E-state index in [4.69, 9.17) is 0 Å². The smallest absolute Gasteiger partial charge is 0.264 e. The van der Waals surface area contributed by atoms with Gasteiger partial charge in [0.15, 0.2) is 0 Å². The van der Waals surface area contributed by atoms with Gasteiger partial charge in [-0.3, -0.25) is 0 Å². The lowest BCUT2D eigenvalue weighted by Gasteiger charge is -2.47. The lowest BCUT2D eigenvalue weighted by molar-refractivity contribution is 0.331. The molecule has 2 nitrogen and oxygen atoms in total. The van der Waals surface area contributed by atoms with Crippen LogP contribution in [0.1, 0.15) is 192 Å². The summed E-state index contributed by atoms with van der Waals surface area (Å²) in [6.07, 6.45) is 8.10. The average molecular weight is 1030 g/mol. The predicted molar refractivity (Wildman–Crippen MR) is 337 cm³/mol. The van der Waals surface area contributed by atoms with Crippen molar-refractivity contribution in [3.05, 3.63) is 165 Å². The van der Waals surface area contributed by atoms with Crippen LogP contribution in [0.2, 0.25) is 0 Å². The Morgan fingerprint density at radius 3 is 1.66 bits per heavy atom. The molecule has 0 fully saturated rings. The van der Waals surface area contributed by atoms with Crippen LogP contribution in [0.25, 0.3) is 32.0 Å². The number of thiophene rings is 1. The van der Waals surface area contributed by atoms with E-state index in [0.29, 0.717) is 0 Å². The standard InChI is InChI=1S/C73H83BN2S/c1-44-35-61-64-62(36-44)76(50-25-23-49(24-26-50)67(2,3)4)65-52-40-55-58(73(15,16)33-30-70(55,9)10)43-63(52)77-66(65)74(64)59-41-56-57(72(13,14)32-31-71(56,11)12)42-60(59)75(61)34-27-48-38-53-54(69(7,8)29-28-68(53,5)6)39-51(48)47-22-21-45-19-17-18-20-46(45)37-47/h17-26,35-43H,27-34H2,1-16H3. The topological polar surface area (TPSA) is 6.48 Å². The summed E-state index contributed by atoms with van der Waals surface area (Å²) in [6.45, 7) is 40.3. The maximum Gasteiger partial charge on any atom is 0.264 e. The fourth-order valence-corrected chi connectivity index (χ4v) is 16.5. The molecular formula is C73H83BN2S. The van der Waals surface area contributed by atoms with Crippen LogP contribution in [-0.4, -0.2) is 13.3 Å².